The molecule has 1 aromatic carbocycles. The van der Waals surface area contributed by atoms with Gasteiger partial charge in [-0.2, -0.15) is 4.98 Å². The third-order valence-corrected chi connectivity index (χ3v) is 3.40. The highest BCUT2D eigenvalue weighted by Crippen LogP contribution is 2.20. The van der Waals surface area contributed by atoms with Crippen molar-refractivity contribution in [2.75, 3.05) is 17.7 Å². The number of methoxy groups -OCH3 is 1. The van der Waals surface area contributed by atoms with E-state index in [1.807, 2.05) is 24.3 Å². The van der Waals surface area contributed by atoms with Crippen LogP contribution in [0.25, 0.3) is 0 Å². The lowest BCUT2D eigenvalue weighted by atomic mass is 10.2. The maximum absolute atomic E-state index is 11.8. The summed E-state index contributed by atoms with van der Waals surface area (Å²) >= 11 is 0. The highest BCUT2D eigenvalue weighted by molar-refractivity contribution is 5.96. The van der Waals surface area contributed by atoms with Crippen LogP contribution in [0, 0.1) is 0 Å². The Hall–Kier alpha value is -3.48. The molecule has 2 heterocycles. The number of rotatable bonds is 6. The fourth-order valence-electron chi connectivity index (χ4n) is 2.20. The van der Waals surface area contributed by atoms with E-state index in [0.717, 1.165) is 5.69 Å². The number of benzene rings is 1. The summed E-state index contributed by atoms with van der Waals surface area (Å²) in [5.74, 6) is 0.617. The van der Waals surface area contributed by atoms with Crippen LogP contribution in [0.1, 0.15) is 16.1 Å². The molecule has 0 bridgehead atoms. The fourth-order valence-corrected chi connectivity index (χ4v) is 2.20. The number of esters is 1. The average Bonchev–Trinajstić information content (AvgIpc) is 2.67. The molecule has 2 N–H and O–H groups in total. The lowest BCUT2D eigenvalue weighted by Crippen LogP contribution is -2.08. The van der Waals surface area contributed by atoms with Gasteiger partial charge in [-0.3, -0.25) is 4.98 Å². The number of aromatic nitrogens is 3. The summed E-state index contributed by atoms with van der Waals surface area (Å²) in [6, 6.07) is 14.5. The second-order valence-electron chi connectivity index (χ2n) is 5.10. The highest BCUT2D eigenvalue weighted by atomic mass is 16.5. The topological polar surface area (TPSA) is 89.0 Å². The van der Waals surface area contributed by atoms with Crippen LogP contribution in [0.2, 0.25) is 0 Å². The standard InChI is InChI=1S/C18H17N5O2/c1-25-17(24)14-7-2-3-8-15(14)22-16-9-11-20-18(23-16)21-12-13-6-4-5-10-19-13/h2-11H,12H2,1H3,(H2,20,21,22,23). The number of anilines is 3. The second-order valence-corrected chi connectivity index (χ2v) is 5.10. The SMILES string of the molecule is COC(=O)c1ccccc1Nc1ccnc(NCc2ccccn2)n1. The summed E-state index contributed by atoms with van der Waals surface area (Å²) in [4.78, 5) is 24.7. The van der Waals surface area contributed by atoms with Crippen LogP contribution in [-0.2, 0) is 11.3 Å². The van der Waals surface area contributed by atoms with Gasteiger partial charge in [0.2, 0.25) is 5.95 Å². The number of carbonyl (C=O) groups is 1. The maximum Gasteiger partial charge on any atom is 0.339 e. The van der Waals surface area contributed by atoms with E-state index < -0.39 is 5.97 Å². The van der Waals surface area contributed by atoms with Gasteiger partial charge in [-0.25, -0.2) is 9.78 Å². The number of ether oxygens (including phenoxy) is 1. The monoisotopic (exact) mass is 335 g/mol. The maximum atomic E-state index is 11.8. The van der Waals surface area contributed by atoms with Crippen molar-refractivity contribution in [1.29, 1.82) is 0 Å². The molecule has 0 amide bonds. The molecule has 0 atom stereocenters. The van der Waals surface area contributed by atoms with Crippen molar-refractivity contribution in [2.24, 2.45) is 0 Å². The zero-order valence-corrected chi connectivity index (χ0v) is 13.6. The van der Waals surface area contributed by atoms with Crippen LogP contribution in [0.4, 0.5) is 17.5 Å². The normalized spacial score (nSPS) is 10.1. The van der Waals surface area contributed by atoms with Crippen LogP contribution in [0.3, 0.4) is 0 Å². The molecule has 0 unspecified atom stereocenters. The van der Waals surface area contributed by atoms with Crippen molar-refractivity contribution >= 4 is 23.4 Å². The number of carbonyl (C=O) groups excluding carboxylic acids is 1. The second kappa shape index (κ2) is 7.87. The Kier molecular flexibility index (Phi) is 5.16. The summed E-state index contributed by atoms with van der Waals surface area (Å²) in [5.41, 5.74) is 1.94. The molecule has 7 heteroatoms. The first-order valence-corrected chi connectivity index (χ1v) is 7.67. The predicted molar refractivity (Wildman–Crippen MR) is 94.7 cm³/mol. The van der Waals surface area contributed by atoms with Gasteiger partial charge < -0.3 is 15.4 Å². The fraction of sp³-hybridized carbons (Fsp3) is 0.111. The van der Waals surface area contributed by atoms with E-state index in [1.165, 1.54) is 7.11 Å². The minimum absolute atomic E-state index is 0.411. The summed E-state index contributed by atoms with van der Waals surface area (Å²) in [5, 5.41) is 6.24. The first kappa shape index (κ1) is 16.4. The molecular weight excluding hydrogens is 318 g/mol. The number of para-hydroxylation sites is 1. The Balaban J connectivity index is 1.73. The van der Waals surface area contributed by atoms with Crippen molar-refractivity contribution < 1.29 is 9.53 Å². The minimum Gasteiger partial charge on any atom is -0.465 e. The first-order valence-electron chi connectivity index (χ1n) is 7.67. The third-order valence-electron chi connectivity index (χ3n) is 3.40. The smallest absolute Gasteiger partial charge is 0.339 e. The van der Waals surface area contributed by atoms with E-state index in [1.54, 1.807) is 36.7 Å². The Morgan fingerprint density at radius 3 is 2.68 bits per heavy atom. The molecule has 0 radical (unpaired) electrons. The van der Waals surface area contributed by atoms with Gasteiger partial charge in [0, 0.05) is 12.4 Å². The molecule has 0 saturated heterocycles. The van der Waals surface area contributed by atoms with Gasteiger partial charge in [0.05, 0.1) is 30.6 Å². The van der Waals surface area contributed by atoms with Gasteiger partial charge >= 0.3 is 5.97 Å². The van der Waals surface area contributed by atoms with Gasteiger partial charge in [-0.05, 0) is 30.3 Å². The Labute approximate surface area is 145 Å². The van der Waals surface area contributed by atoms with Crippen LogP contribution >= 0.6 is 0 Å². The van der Waals surface area contributed by atoms with Crippen molar-refractivity contribution in [2.45, 2.75) is 6.54 Å². The molecule has 0 aliphatic carbocycles. The van der Waals surface area contributed by atoms with Crippen molar-refractivity contribution in [1.82, 2.24) is 15.0 Å². The number of pyridine rings is 1. The Bertz CT molecular complexity index is 855. The van der Waals surface area contributed by atoms with Crippen LogP contribution in [-0.4, -0.2) is 28.0 Å². The van der Waals surface area contributed by atoms with Gasteiger partial charge in [-0.15, -0.1) is 0 Å². The Morgan fingerprint density at radius 2 is 1.88 bits per heavy atom. The first-order chi connectivity index (χ1) is 12.3. The third kappa shape index (κ3) is 4.29. The van der Waals surface area contributed by atoms with E-state index >= 15 is 0 Å². The summed E-state index contributed by atoms with van der Waals surface area (Å²) in [6.45, 7) is 0.517. The van der Waals surface area contributed by atoms with Gasteiger partial charge in [0.25, 0.3) is 0 Å². The number of nitrogens with one attached hydrogen (secondary N) is 2. The highest BCUT2D eigenvalue weighted by Gasteiger charge is 2.11. The van der Waals surface area contributed by atoms with Gasteiger partial charge in [0.1, 0.15) is 5.82 Å². The van der Waals surface area contributed by atoms with E-state index in [9.17, 15) is 4.79 Å². The zero-order chi connectivity index (χ0) is 17.5. The molecule has 126 valence electrons. The lowest BCUT2D eigenvalue weighted by molar-refractivity contribution is 0.0602. The van der Waals surface area contributed by atoms with Crippen LogP contribution in [0.5, 0.6) is 0 Å². The molecule has 25 heavy (non-hydrogen) atoms. The lowest BCUT2D eigenvalue weighted by Gasteiger charge is -2.11. The summed E-state index contributed by atoms with van der Waals surface area (Å²) < 4.78 is 4.79. The number of hydrogen-bond donors (Lipinski definition) is 2. The van der Waals surface area contributed by atoms with E-state index in [2.05, 4.69) is 25.6 Å². The van der Waals surface area contributed by atoms with Crippen LogP contribution in [0.15, 0.2) is 60.9 Å². The van der Waals surface area contributed by atoms with Crippen molar-refractivity contribution in [3.63, 3.8) is 0 Å². The van der Waals surface area contributed by atoms with Gasteiger partial charge in [-0.1, -0.05) is 18.2 Å². The van der Waals surface area contributed by atoms with Crippen LogP contribution < -0.4 is 10.6 Å². The average molecular weight is 335 g/mol. The molecular formula is C18H17N5O2. The Morgan fingerprint density at radius 1 is 1.04 bits per heavy atom. The largest absolute Gasteiger partial charge is 0.465 e. The quantitative estimate of drug-likeness (QED) is 0.669. The van der Waals surface area contributed by atoms with E-state index in [4.69, 9.17) is 4.74 Å². The van der Waals surface area contributed by atoms with Crippen molar-refractivity contribution in [3.8, 4) is 0 Å². The molecule has 3 aromatic rings. The molecule has 0 aliphatic heterocycles. The minimum atomic E-state index is -0.411. The summed E-state index contributed by atoms with van der Waals surface area (Å²) in [6.07, 6.45) is 3.37. The van der Waals surface area contributed by atoms with E-state index in [0.29, 0.717) is 29.6 Å². The molecule has 0 fully saturated rings. The number of hydrogen-bond acceptors (Lipinski definition) is 7. The predicted octanol–water partition coefficient (Wildman–Crippen LogP) is 3.01. The molecule has 0 spiro atoms. The molecule has 0 saturated carbocycles. The zero-order valence-electron chi connectivity index (χ0n) is 13.6. The molecule has 2 aromatic heterocycles. The molecule has 0 aliphatic rings. The molecule has 3 rings (SSSR count). The number of nitrogens with zero attached hydrogens (tertiary/aromatic N) is 3. The summed E-state index contributed by atoms with van der Waals surface area (Å²) in [7, 11) is 1.35. The van der Waals surface area contributed by atoms with E-state index in [-0.39, 0.29) is 0 Å². The molecule has 7 nitrogen and oxygen atoms in total. The van der Waals surface area contributed by atoms with Crippen molar-refractivity contribution in [3.05, 3.63) is 72.2 Å². The van der Waals surface area contributed by atoms with Gasteiger partial charge in [0.15, 0.2) is 0 Å².